The van der Waals surface area contributed by atoms with Gasteiger partial charge in [-0.2, -0.15) is 0 Å². The van der Waals surface area contributed by atoms with Gasteiger partial charge in [-0.3, -0.25) is 4.79 Å². The fraction of sp³-hybridized carbons (Fsp3) is 0.929. The van der Waals surface area contributed by atoms with Gasteiger partial charge in [-0.05, 0) is 26.4 Å². The molecule has 0 heterocycles. The zero-order valence-electron chi connectivity index (χ0n) is 12.6. The lowest BCUT2D eigenvalue weighted by molar-refractivity contribution is -0.124. The van der Waals surface area contributed by atoms with Crippen molar-refractivity contribution in [3.8, 4) is 0 Å². The van der Waals surface area contributed by atoms with E-state index in [2.05, 4.69) is 31.0 Å². The fourth-order valence-corrected chi connectivity index (χ4v) is 2.06. The van der Waals surface area contributed by atoms with Crippen molar-refractivity contribution in [2.24, 2.45) is 5.73 Å². The van der Waals surface area contributed by atoms with E-state index in [4.69, 9.17) is 5.73 Å². The van der Waals surface area contributed by atoms with Crippen LogP contribution in [0.2, 0.25) is 0 Å². The summed E-state index contributed by atoms with van der Waals surface area (Å²) in [6.45, 7) is 12.2. The lowest BCUT2D eigenvalue weighted by atomic mass is 9.93. The smallest absolute Gasteiger partial charge is 0.237 e. The van der Waals surface area contributed by atoms with Crippen LogP contribution < -0.4 is 11.1 Å². The molecule has 1 atom stereocenters. The van der Waals surface area contributed by atoms with Gasteiger partial charge >= 0.3 is 0 Å². The second kappa shape index (κ2) is 9.34. The van der Waals surface area contributed by atoms with Gasteiger partial charge in [-0.25, -0.2) is 0 Å². The van der Waals surface area contributed by atoms with Gasteiger partial charge in [0.25, 0.3) is 0 Å². The summed E-state index contributed by atoms with van der Waals surface area (Å²) >= 11 is 0. The number of rotatable bonds is 11. The molecule has 0 spiro atoms. The third-order valence-corrected chi connectivity index (χ3v) is 3.66. The quantitative estimate of drug-likeness (QED) is 0.554. The molecule has 0 rings (SSSR count). The molecule has 0 fully saturated rings. The van der Waals surface area contributed by atoms with Gasteiger partial charge < -0.3 is 16.0 Å². The minimum absolute atomic E-state index is 0.238. The topological polar surface area (TPSA) is 58.4 Å². The molecular weight excluding hydrogens is 226 g/mol. The molecule has 4 heteroatoms. The monoisotopic (exact) mass is 257 g/mol. The van der Waals surface area contributed by atoms with Crippen molar-refractivity contribution < 1.29 is 4.79 Å². The standard InChI is InChI=1S/C14H31N3O/c1-5-8-9-10-14(4,13(15)18)16-11-12-17(6-2)7-3/h16H,5-12H2,1-4H3,(H2,15,18). The van der Waals surface area contributed by atoms with E-state index in [1.54, 1.807) is 0 Å². The first-order chi connectivity index (χ1) is 8.50. The SMILES string of the molecule is CCCCCC(C)(NCCN(CC)CC)C(N)=O. The maximum atomic E-state index is 11.6. The molecule has 0 aliphatic carbocycles. The van der Waals surface area contributed by atoms with Crippen molar-refractivity contribution in [1.29, 1.82) is 0 Å². The first-order valence-electron chi connectivity index (χ1n) is 7.27. The number of hydrogen-bond donors (Lipinski definition) is 2. The second-order valence-electron chi connectivity index (χ2n) is 5.11. The van der Waals surface area contributed by atoms with Gasteiger partial charge in [-0.15, -0.1) is 0 Å². The van der Waals surface area contributed by atoms with Gasteiger partial charge in [0.15, 0.2) is 0 Å². The molecule has 0 bridgehead atoms. The molecule has 0 aromatic heterocycles. The predicted molar refractivity (Wildman–Crippen MR) is 77.5 cm³/mol. The van der Waals surface area contributed by atoms with Crippen molar-refractivity contribution in [3.63, 3.8) is 0 Å². The number of primary amides is 1. The second-order valence-corrected chi connectivity index (χ2v) is 5.11. The summed E-state index contributed by atoms with van der Waals surface area (Å²) in [6.07, 6.45) is 4.19. The van der Waals surface area contributed by atoms with E-state index in [-0.39, 0.29) is 5.91 Å². The number of nitrogens with two attached hydrogens (primary N) is 1. The zero-order valence-corrected chi connectivity index (χ0v) is 12.6. The number of carbonyl (C=O) groups excluding carboxylic acids is 1. The first kappa shape index (κ1) is 17.4. The lowest BCUT2D eigenvalue weighted by Crippen LogP contribution is -2.54. The molecule has 0 aliphatic heterocycles. The number of amides is 1. The van der Waals surface area contributed by atoms with Crippen LogP contribution in [0, 0.1) is 0 Å². The van der Waals surface area contributed by atoms with Gasteiger partial charge in [0, 0.05) is 13.1 Å². The third kappa shape index (κ3) is 6.36. The van der Waals surface area contributed by atoms with E-state index in [0.717, 1.165) is 51.9 Å². The molecule has 4 nitrogen and oxygen atoms in total. The highest BCUT2D eigenvalue weighted by molar-refractivity contribution is 5.84. The molecule has 0 saturated carbocycles. The van der Waals surface area contributed by atoms with Crippen LogP contribution in [-0.4, -0.2) is 42.5 Å². The van der Waals surface area contributed by atoms with E-state index in [1.807, 2.05) is 6.92 Å². The van der Waals surface area contributed by atoms with E-state index in [9.17, 15) is 4.79 Å². The Morgan fingerprint density at radius 2 is 1.83 bits per heavy atom. The van der Waals surface area contributed by atoms with Crippen LogP contribution in [0.1, 0.15) is 53.4 Å². The summed E-state index contributed by atoms with van der Waals surface area (Å²) in [5, 5.41) is 3.34. The maximum Gasteiger partial charge on any atom is 0.237 e. The average Bonchev–Trinajstić information content (AvgIpc) is 2.35. The van der Waals surface area contributed by atoms with E-state index in [1.165, 1.54) is 0 Å². The summed E-state index contributed by atoms with van der Waals surface area (Å²) in [5.74, 6) is -0.238. The van der Waals surface area contributed by atoms with Gasteiger partial charge in [-0.1, -0.05) is 40.0 Å². The Morgan fingerprint density at radius 3 is 2.28 bits per heavy atom. The van der Waals surface area contributed by atoms with Crippen LogP contribution in [0.25, 0.3) is 0 Å². The Kier molecular flexibility index (Phi) is 9.02. The van der Waals surface area contributed by atoms with E-state index in [0.29, 0.717) is 0 Å². The summed E-state index contributed by atoms with van der Waals surface area (Å²) in [7, 11) is 0. The number of hydrogen-bond acceptors (Lipinski definition) is 3. The number of unbranched alkanes of at least 4 members (excludes halogenated alkanes) is 2. The van der Waals surface area contributed by atoms with Crippen molar-refractivity contribution in [1.82, 2.24) is 10.2 Å². The van der Waals surface area contributed by atoms with Gasteiger partial charge in [0.2, 0.25) is 5.91 Å². The van der Waals surface area contributed by atoms with Gasteiger partial charge in [0.1, 0.15) is 0 Å². The Labute approximate surface area is 112 Å². The van der Waals surface area contributed by atoms with Crippen LogP contribution in [0.5, 0.6) is 0 Å². The Balaban J connectivity index is 4.13. The van der Waals surface area contributed by atoms with Crippen molar-refractivity contribution in [2.45, 2.75) is 58.9 Å². The Hall–Kier alpha value is -0.610. The molecule has 1 amide bonds. The molecule has 0 aliphatic rings. The molecule has 3 N–H and O–H groups in total. The minimum atomic E-state index is -0.553. The number of carbonyl (C=O) groups is 1. The summed E-state index contributed by atoms with van der Waals surface area (Å²) in [5.41, 5.74) is 4.97. The highest BCUT2D eigenvalue weighted by atomic mass is 16.1. The predicted octanol–water partition coefficient (Wildman–Crippen LogP) is 1.74. The van der Waals surface area contributed by atoms with Crippen LogP contribution in [0.15, 0.2) is 0 Å². The molecule has 1 unspecified atom stereocenters. The molecule has 0 radical (unpaired) electrons. The third-order valence-electron chi connectivity index (χ3n) is 3.66. The van der Waals surface area contributed by atoms with Gasteiger partial charge in [0.05, 0.1) is 5.54 Å². The summed E-state index contributed by atoms with van der Waals surface area (Å²) < 4.78 is 0. The van der Waals surface area contributed by atoms with Crippen molar-refractivity contribution in [2.75, 3.05) is 26.2 Å². The Morgan fingerprint density at radius 1 is 1.22 bits per heavy atom. The maximum absolute atomic E-state index is 11.6. The number of likely N-dealkylation sites (N-methyl/N-ethyl adjacent to an activating group) is 1. The molecule has 0 aromatic rings. The average molecular weight is 257 g/mol. The number of nitrogens with zero attached hydrogens (tertiary/aromatic N) is 1. The highest BCUT2D eigenvalue weighted by Crippen LogP contribution is 2.14. The minimum Gasteiger partial charge on any atom is -0.368 e. The fourth-order valence-electron chi connectivity index (χ4n) is 2.06. The molecule has 0 saturated heterocycles. The number of nitrogens with one attached hydrogen (secondary N) is 1. The molecule has 108 valence electrons. The zero-order chi connectivity index (χ0) is 14.0. The highest BCUT2D eigenvalue weighted by Gasteiger charge is 2.29. The summed E-state index contributed by atoms with van der Waals surface area (Å²) in [4.78, 5) is 13.9. The molecule has 18 heavy (non-hydrogen) atoms. The Bertz CT molecular complexity index is 229. The van der Waals surface area contributed by atoms with Crippen LogP contribution in [0.3, 0.4) is 0 Å². The summed E-state index contributed by atoms with van der Waals surface area (Å²) in [6, 6.07) is 0. The van der Waals surface area contributed by atoms with E-state index >= 15 is 0 Å². The normalized spacial score (nSPS) is 14.7. The lowest BCUT2D eigenvalue weighted by Gasteiger charge is -2.29. The van der Waals surface area contributed by atoms with Crippen molar-refractivity contribution >= 4 is 5.91 Å². The van der Waals surface area contributed by atoms with E-state index < -0.39 is 5.54 Å². The van der Waals surface area contributed by atoms with Crippen LogP contribution in [0.4, 0.5) is 0 Å². The molecule has 0 aromatic carbocycles. The first-order valence-corrected chi connectivity index (χ1v) is 7.27. The van der Waals surface area contributed by atoms with Crippen LogP contribution >= 0.6 is 0 Å². The molecular formula is C14H31N3O. The van der Waals surface area contributed by atoms with Crippen LogP contribution in [-0.2, 0) is 4.79 Å². The van der Waals surface area contributed by atoms with Crippen molar-refractivity contribution in [3.05, 3.63) is 0 Å². The largest absolute Gasteiger partial charge is 0.368 e.